The van der Waals surface area contributed by atoms with Crippen molar-refractivity contribution >= 4 is 34.0 Å². The quantitative estimate of drug-likeness (QED) is 0.620. The number of carbonyl (C=O) groups excluding carboxylic acids is 2. The lowest BCUT2D eigenvalue weighted by Gasteiger charge is -2.30. The average Bonchev–Trinajstić information content (AvgIpc) is 3.63. The van der Waals surface area contributed by atoms with Crippen molar-refractivity contribution in [2.75, 3.05) is 23.3 Å². The fourth-order valence-corrected chi connectivity index (χ4v) is 4.32. The summed E-state index contributed by atoms with van der Waals surface area (Å²) in [6, 6.07) is 19.6. The van der Waals surface area contributed by atoms with Crippen LogP contribution in [0, 0.1) is 0 Å². The van der Waals surface area contributed by atoms with Gasteiger partial charge in [-0.1, -0.05) is 36.4 Å². The molecule has 2 aliphatic rings. The summed E-state index contributed by atoms with van der Waals surface area (Å²) in [4.78, 5) is 28.3. The lowest BCUT2D eigenvalue weighted by molar-refractivity contribution is 0.0950. The Labute approximate surface area is 182 Å². The van der Waals surface area contributed by atoms with Crippen LogP contribution in [0.25, 0.3) is 10.8 Å². The first-order chi connectivity index (χ1) is 15.2. The molecule has 2 amide bonds. The Morgan fingerprint density at radius 3 is 2.39 bits per heavy atom. The second-order valence-corrected chi connectivity index (χ2v) is 8.51. The van der Waals surface area contributed by atoms with Crippen molar-refractivity contribution in [3.8, 4) is 0 Å². The van der Waals surface area contributed by atoms with Gasteiger partial charge in [0.2, 0.25) is 0 Å². The topological polar surface area (TPSA) is 61.4 Å². The normalized spacial score (nSPS) is 16.2. The number of carbonyl (C=O) groups is 2. The molecule has 0 radical (unpaired) electrons. The molecule has 1 saturated heterocycles. The van der Waals surface area contributed by atoms with Crippen LogP contribution in [0.1, 0.15) is 52.8 Å². The molecule has 0 bridgehead atoms. The van der Waals surface area contributed by atoms with E-state index in [1.165, 1.54) is 6.42 Å². The summed E-state index contributed by atoms with van der Waals surface area (Å²) in [6.45, 7) is 1.93. The van der Waals surface area contributed by atoms with Gasteiger partial charge in [0.1, 0.15) is 0 Å². The van der Waals surface area contributed by atoms with E-state index in [-0.39, 0.29) is 17.9 Å². The number of nitrogens with one attached hydrogen (secondary N) is 2. The molecule has 1 heterocycles. The van der Waals surface area contributed by atoms with Crippen LogP contribution in [0.4, 0.5) is 11.4 Å². The molecule has 31 heavy (non-hydrogen) atoms. The van der Waals surface area contributed by atoms with E-state index in [2.05, 4.69) is 15.5 Å². The van der Waals surface area contributed by atoms with Crippen molar-refractivity contribution in [3.63, 3.8) is 0 Å². The van der Waals surface area contributed by atoms with Gasteiger partial charge in [-0.25, -0.2) is 0 Å². The van der Waals surface area contributed by atoms with Crippen molar-refractivity contribution in [2.45, 2.75) is 38.1 Å². The molecule has 0 unspecified atom stereocenters. The number of hydrogen-bond donors (Lipinski definition) is 2. The zero-order valence-electron chi connectivity index (χ0n) is 17.6. The summed E-state index contributed by atoms with van der Waals surface area (Å²) in [5.41, 5.74) is 2.87. The highest BCUT2D eigenvalue weighted by atomic mass is 16.2. The van der Waals surface area contributed by atoms with Gasteiger partial charge in [-0.3, -0.25) is 9.59 Å². The summed E-state index contributed by atoms with van der Waals surface area (Å²) >= 11 is 0. The van der Waals surface area contributed by atoms with E-state index >= 15 is 0 Å². The predicted molar refractivity (Wildman–Crippen MR) is 125 cm³/mol. The Balaban J connectivity index is 1.44. The third-order valence-electron chi connectivity index (χ3n) is 6.14. The van der Waals surface area contributed by atoms with Gasteiger partial charge in [0.25, 0.3) is 11.8 Å². The number of amides is 2. The Bertz CT molecular complexity index is 1130. The Morgan fingerprint density at radius 1 is 0.806 bits per heavy atom. The highest BCUT2D eigenvalue weighted by Gasteiger charge is 2.26. The van der Waals surface area contributed by atoms with Crippen LogP contribution >= 0.6 is 0 Å². The molecule has 1 aliphatic carbocycles. The molecule has 3 aromatic carbocycles. The maximum atomic E-state index is 13.1. The van der Waals surface area contributed by atoms with Crippen LogP contribution in [0.2, 0.25) is 0 Å². The van der Waals surface area contributed by atoms with Crippen LogP contribution in [-0.2, 0) is 0 Å². The fraction of sp³-hybridized carbons (Fsp3) is 0.308. The van der Waals surface area contributed by atoms with Gasteiger partial charge in [-0.2, -0.15) is 0 Å². The van der Waals surface area contributed by atoms with Crippen LogP contribution in [0.5, 0.6) is 0 Å². The molecule has 3 aromatic rings. The molecule has 2 fully saturated rings. The van der Waals surface area contributed by atoms with Crippen LogP contribution in [-0.4, -0.2) is 30.9 Å². The molecule has 5 heteroatoms. The molecule has 2 N–H and O–H groups in total. The maximum absolute atomic E-state index is 13.1. The minimum Gasteiger partial charge on any atom is -0.371 e. The van der Waals surface area contributed by atoms with Crippen LogP contribution in [0.3, 0.4) is 0 Å². The number of anilines is 2. The fourth-order valence-electron chi connectivity index (χ4n) is 4.32. The first-order valence-corrected chi connectivity index (χ1v) is 11.2. The summed E-state index contributed by atoms with van der Waals surface area (Å²) in [6.07, 6.45) is 5.61. The molecule has 0 spiro atoms. The highest BCUT2D eigenvalue weighted by Crippen LogP contribution is 2.29. The van der Waals surface area contributed by atoms with E-state index in [0.29, 0.717) is 16.8 Å². The number of benzene rings is 3. The molecular formula is C26H27N3O2. The third-order valence-corrected chi connectivity index (χ3v) is 6.14. The van der Waals surface area contributed by atoms with Crippen molar-refractivity contribution in [2.24, 2.45) is 0 Å². The van der Waals surface area contributed by atoms with Crippen LogP contribution < -0.4 is 15.5 Å². The van der Waals surface area contributed by atoms with E-state index in [1.807, 2.05) is 60.7 Å². The predicted octanol–water partition coefficient (Wildman–Crippen LogP) is 4.97. The van der Waals surface area contributed by atoms with Crippen molar-refractivity contribution < 1.29 is 9.59 Å². The van der Waals surface area contributed by atoms with Gasteiger partial charge < -0.3 is 15.5 Å². The highest BCUT2D eigenvalue weighted by molar-refractivity contribution is 6.13. The summed E-state index contributed by atoms with van der Waals surface area (Å²) < 4.78 is 0. The molecule has 5 rings (SSSR count). The molecule has 158 valence electrons. The molecular weight excluding hydrogens is 386 g/mol. The molecule has 0 atom stereocenters. The summed E-state index contributed by atoms with van der Waals surface area (Å²) in [7, 11) is 0. The SMILES string of the molecule is O=C(NC1CC1)c1cc(NC(=O)c2cccc3ccccc23)ccc1N1CCCCC1. The number of nitrogens with zero attached hydrogens (tertiary/aromatic N) is 1. The van der Waals surface area contributed by atoms with Gasteiger partial charge >= 0.3 is 0 Å². The van der Waals surface area contributed by atoms with Crippen molar-refractivity contribution in [1.29, 1.82) is 0 Å². The first-order valence-electron chi connectivity index (χ1n) is 11.2. The first kappa shape index (κ1) is 19.6. The second kappa shape index (κ2) is 8.42. The maximum Gasteiger partial charge on any atom is 0.256 e. The van der Waals surface area contributed by atoms with E-state index < -0.39 is 0 Å². The van der Waals surface area contributed by atoms with E-state index in [0.717, 1.165) is 55.2 Å². The number of fused-ring (bicyclic) bond motifs is 1. The van der Waals surface area contributed by atoms with Gasteiger partial charge in [0, 0.05) is 36.1 Å². The third kappa shape index (κ3) is 4.26. The summed E-state index contributed by atoms with van der Waals surface area (Å²) in [5.74, 6) is -0.222. The largest absolute Gasteiger partial charge is 0.371 e. The van der Waals surface area contributed by atoms with Gasteiger partial charge in [0.15, 0.2) is 0 Å². The number of hydrogen-bond acceptors (Lipinski definition) is 3. The van der Waals surface area contributed by atoms with Crippen molar-refractivity contribution in [1.82, 2.24) is 5.32 Å². The lowest BCUT2D eigenvalue weighted by Crippen LogP contribution is -2.33. The zero-order valence-corrected chi connectivity index (χ0v) is 17.6. The zero-order chi connectivity index (χ0) is 21.2. The smallest absolute Gasteiger partial charge is 0.256 e. The molecule has 1 saturated carbocycles. The number of piperidine rings is 1. The summed E-state index contributed by atoms with van der Waals surface area (Å²) in [5, 5.41) is 8.06. The van der Waals surface area contributed by atoms with Crippen LogP contribution in [0.15, 0.2) is 60.7 Å². The van der Waals surface area contributed by atoms with E-state index in [1.54, 1.807) is 0 Å². The minimum absolute atomic E-state index is 0.0515. The Hall–Kier alpha value is -3.34. The van der Waals surface area contributed by atoms with Crippen molar-refractivity contribution in [3.05, 3.63) is 71.8 Å². The monoisotopic (exact) mass is 413 g/mol. The van der Waals surface area contributed by atoms with Gasteiger partial charge in [0.05, 0.1) is 5.56 Å². The van der Waals surface area contributed by atoms with Gasteiger partial charge in [-0.05, 0) is 67.1 Å². The standard InChI is InChI=1S/C26H27N3O2/c30-25(22-10-6-8-18-7-2-3-9-21(18)22)28-20-13-14-24(29-15-4-1-5-16-29)23(17-20)26(31)27-19-11-12-19/h2-3,6-10,13-14,17,19H,1,4-5,11-12,15-16H2,(H,27,31)(H,28,30). The molecule has 0 aromatic heterocycles. The van der Waals surface area contributed by atoms with E-state index in [9.17, 15) is 9.59 Å². The molecule has 5 nitrogen and oxygen atoms in total. The second-order valence-electron chi connectivity index (χ2n) is 8.51. The Morgan fingerprint density at radius 2 is 1.58 bits per heavy atom. The average molecular weight is 414 g/mol. The Kier molecular flexibility index (Phi) is 5.33. The number of rotatable bonds is 5. The minimum atomic E-state index is -0.170. The lowest BCUT2D eigenvalue weighted by atomic mass is 10.0. The van der Waals surface area contributed by atoms with Gasteiger partial charge in [-0.15, -0.1) is 0 Å². The molecule has 1 aliphatic heterocycles. The van der Waals surface area contributed by atoms with E-state index in [4.69, 9.17) is 0 Å².